The molecule has 0 aliphatic heterocycles. The molecule has 1 amide bonds. The first-order valence-electron chi connectivity index (χ1n) is 5.44. The van der Waals surface area contributed by atoms with Gasteiger partial charge in [0.25, 0.3) is 5.91 Å². The molecular formula is C13H11F2NO2. The topological polar surface area (TPSA) is 42.2 Å². The fraction of sp³-hybridized carbons (Fsp3) is 0.154. The largest absolute Gasteiger partial charge is 0.456 e. The Morgan fingerprint density at radius 1 is 1.22 bits per heavy atom. The number of furan rings is 1. The van der Waals surface area contributed by atoms with Crippen LogP contribution in [-0.2, 0) is 6.42 Å². The second-order valence-electron chi connectivity index (χ2n) is 3.73. The molecule has 0 unspecified atom stereocenters. The molecule has 1 aromatic carbocycles. The Morgan fingerprint density at radius 3 is 2.44 bits per heavy atom. The smallest absolute Gasteiger partial charge is 0.291 e. The summed E-state index contributed by atoms with van der Waals surface area (Å²) in [5.74, 6) is -1.26. The number of rotatable bonds is 3. The summed E-state index contributed by atoms with van der Waals surface area (Å²) < 4.78 is 31.1. The second-order valence-corrected chi connectivity index (χ2v) is 3.73. The van der Waals surface area contributed by atoms with E-state index in [4.69, 9.17) is 4.42 Å². The number of amides is 1. The highest BCUT2D eigenvalue weighted by Crippen LogP contribution is 2.15. The zero-order chi connectivity index (χ0) is 13.1. The van der Waals surface area contributed by atoms with Crippen molar-refractivity contribution in [3.8, 4) is 0 Å². The molecule has 18 heavy (non-hydrogen) atoms. The first kappa shape index (κ1) is 12.3. The zero-order valence-electron chi connectivity index (χ0n) is 9.67. The second kappa shape index (κ2) is 5.00. The maximum atomic E-state index is 12.9. The number of halogens is 2. The van der Waals surface area contributed by atoms with Crippen molar-refractivity contribution >= 4 is 11.6 Å². The Morgan fingerprint density at radius 2 is 1.89 bits per heavy atom. The lowest BCUT2D eigenvalue weighted by molar-refractivity contribution is 0.0995. The van der Waals surface area contributed by atoms with E-state index in [0.29, 0.717) is 12.2 Å². The van der Waals surface area contributed by atoms with Gasteiger partial charge in [-0.15, -0.1) is 0 Å². The van der Waals surface area contributed by atoms with Crippen LogP contribution < -0.4 is 5.32 Å². The highest BCUT2D eigenvalue weighted by molar-refractivity contribution is 6.02. The number of hydrogen-bond donors (Lipinski definition) is 1. The number of anilines is 1. The van der Waals surface area contributed by atoms with E-state index in [1.807, 2.05) is 6.92 Å². The van der Waals surface area contributed by atoms with Crippen LogP contribution in [0.25, 0.3) is 0 Å². The fourth-order valence-electron chi connectivity index (χ4n) is 1.51. The number of carbonyl (C=O) groups excluding carboxylic acids is 1. The van der Waals surface area contributed by atoms with Gasteiger partial charge >= 0.3 is 0 Å². The molecule has 2 aromatic rings. The summed E-state index contributed by atoms with van der Waals surface area (Å²) in [6.45, 7) is 1.89. The van der Waals surface area contributed by atoms with Crippen LogP contribution in [0, 0.1) is 11.6 Å². The van der Waals surface area contributed by atoms with Crippen LogP contribution in [0.4, 0.5) is 14.5 Å². The van der Waals surface area contributed by atoms with E-state index < -0.39 is 17.5 Å². The van der Waals surface area contributed by atoms with Crippen LogP contribution in [0.2, 0.25) is 0 Å². The minimum Gasteiger partial charge on any atom is -0.456 e. The van der Waals surface area contributed by atoms with Gasteiger partial charge in [0.2, 0.25) is 0 Å². The van der Waals surface area contributed by atoms with E-state index in [1.165, 1.54) is 6.07 Å². The number of aryl methyl sites for hydroxylation is 1. The van der Waals surface area contributed by atoms with Crippen LogP contribution in [0.5, 0.6) is 0 Å². The molecule has 1 N–H and O–H groups in total. The van der Waals surface area contributed by atoms with Gasteiger partial charge in [0.15, 0.2) is 5.76 Å². The summed E-state index contributed by atoms with van der Waals surface area (Å²) in [5, 5.41) is 2.36. The van der Waals surface area contributed by atoms with Crippen LogP contribution in [-0.4, -0.2) is 5.91 Å². The third kappa shape index (κ3) is 2.74. The molecule has 0 bridgehead atoms. The van der Waals surface area contributed by atoms with E-state index in [-0.39, 0.29) is 11.4 Å². The lowest BCUT2D eigenvalue weighted by atomic mass is 10.3. The van der Waals surface area contributed by atoms with Gasteiger partial charge in [0.05, 0.1) is 0 Å². The van der Waals surface area contributed by atoms with Gasteiger partial charge in [0.1, 0.15) is 17.4 Å². The number of nitrogens with one attached hydrogen (secondary N) is 1. The summed E-state index contributed by atoms with van der Waals surface area (Å²) in [6, 6.07) is 6.00. The van der Waals surface area contributed by atoms with Gasteiger partial charge < -0.3 is 9.73 Å². The predicted octanol–water partition coefficient (Wildman–Crippen LogP) is 3.37. The van der Waals surface area contributed by atoms with Crippen LogP contribution in [0.15, 0.2) is 34.7 Å². The third-order valence-electron chi connectivity index (χ3n) is 2.35. The van der Waals surface area contributed by atoms with E-state index in [9.17, 15) is 13.6 Å². The Hall–Kier alpha value is -2.17. The Labute approximate surface area is 102 Å². The minimum absolute atomic E-state index is 0.0481. The van der Waals surface area contributed by atoms with Crippen molar-refractivity contribution in [1.29, 1.82) is 0 Å². The average Bonchev–Trinajstić information content (AvgIpc) is 2.75. The van der Waals surface area contributed by atoms with E-state index in [2.05, 4.69) is 5.32 Å². The van der Waals surface area contributed by atoms with Crippen molar-refractivity contribution < 1.29 is 18.0 Å². The molecule has 1 aromatic heterocycles. The number of benzene rings is 1. The standard InChI is InChI=1S/C13H11F2NO2/c1-2-11-3-4-12(18-11)13(17)16-10-6-8(14)5-9(15)7-10/h3-7H,2H2,1H3,(H,16,17). The molecule has 3 nitrogen and oxygen atoms in total. The summed E-state index contributed by atoms with van der Waals surface area (Å²) >= 11 is 0. The zero-order valence-corrected chi connectivity index (χ0v) is 9.67. The first-order chi connectivity index (χ1) is 8.58. The summed E-state index contributed by atoms with van der Waals surface area (Å²) in [6.07, 6.45) is 0.669. The highest BCUT2D eigenvalue weighted by Gasteiger charge is 2.11. The normalized spacial score (nSPS) is 10.4. The van der Waals surface area contributed by atoms with Gasteiger partial charge in [-0.2, -0.15) is 0 Å². The maximum Gasteiger partial charge on any atom is 0.291 e. The Bertz CT molecular complexity index is 558. The van der Waals surface area contributed by atoms with Crippen LogP contribution >= 0.6 is 0 Å². The SMILES string of the molecule is CCc1ccc(C(=O)Nc2cc(F)cc(F)c2)o1. The van der Waals surface area contributed by atoms with Gasteiger partial charge in [-0.1, -0.05) is 6.92 Å². The lowest BCUT2D eigenvalue weighted by Gasteiger charge is -2.03. The van der Waals surface area contributed by atoms with E-state index >= 15 is 0 Å². The van der Waals surface area contributed by atoms with Crippen LogP contribution in [0.3, 0.4) is 0 Å². The Kier molecular flexibility index (Phi) is 3.41. The third-order valence-corrected chi connectivity index (χ3v) is 2.35. The molecule has 2 rings (SSSR count). The number of carbonyl (C=O) groups is 1. The minimum atomic E-state index is -0.751. The molecule has 0 aliphatic rings. The van der Waals surface area contributed by atoms with Crippen molar-refractivity contribution in [2.45, 2.75) is 13.3 Å². The Balaban J connectivity index is 2.15. The molecule has 0 aliphatic carbocycles. The maximum absolute atomic E-state index is 12.9. The molecule has 0 spiro atoms. The monoisotopic (exact) mass is 251 g/mol. The van der Waals surface area contributed by atoms with Crippen LogP contribution in [0.1, 0.15) is 23.2 Å². The molecule has 0 radical (unpaired) electrons. The van der Waals surface area contributed by atoms with Gasteiger partial charge in [-0.05, 0) is 24.3 Å². The lowest BCUT2D eigenvalue weighted by Crippen LogP contribution is -2.11. The molecule has 0 saturated carbocycles. The van der Waals surface area contributed by atoms with Crippen molar-refractivity contribution in [2.75, 3.05) is 5.32 Å². The van der Waals surface area contributed by atoms with E-state index in [1.54, 1.807) is 6.07 Å². The summed E-state index contributed by atoms with van der Waals surface area (Å²) in [4.78, 5) is 11.7. The van der Waals surface area contributed by atoms with E-state index in [0.717, 1.165) is 18.2 Å². The number of hydrogen-bond acceptors (Lipinski definition) is 2. The summed E-state index contributed by atoms with van der Waals surface area (Å²) in [5.41, 5.74) is 0.0481. The molecule has 1 heterocycles. The molecular weight excluding hydrogens is 240 g/mol. The average molecular weight is 251 g/mol. The summed E-state index contributed by atoms with van der Waals surface area (Å²) in [7, 11) is 0. The van der Waals surface area contributed by atoms with Gasteiger partial charge in [-0.3, -0.25) is 4.79 Å². The quantitative estimate of drug-likeness (QED) is 0.908. The van der Waals surface area contributed by atoms with Crippen molar-refractivity contribution in [3.05, 3.63) is 53.5 Å². The van der Waals surface area contributed by atoms with Gasteiger partial charge in [-0.25, -0.2) is 8.78 Å². The van der Waals surface area contributed by atoms with Crippen molar-refractivity contribution in [3.63, 3.8) is 0 Å². The molecule has 0 saturated heterocycles. The molecule has 5 heteroatoms. The van der Waals surface area contributed by atoms with Crippen molar-refractivity contribution in [2.24, 2.45) is 0 Å². The fourth-order valence-corrected chi connectivity index (χ4v) is 1.51. The first-order valence-corrected chi connectivity index (χ1v) is 5.44. The molecule has 0 fully saturated rings. The molecule has 0 atom stereocenters. The predicted molar refractivity (Wildman–Crippen MR) is 62.4 cm³/mol. The molecule has 94 valence electrons. The van der Waals surface area contributed by atoms with Gasteiger partial charge in [0, 0.05) is 18.2 Å². The highest BCUT2D eigenvalue weighted by atomic mass is 19.1. The van der Waals surface area contributed by atoms with Crippen molar-refractivity contribution in [1.82, 2.24) is 0 Å².